The van der Waals surface area contributed by atoms with Crippen LogP contribution in [-0.2, 0) is 9.53 Å². The van der Waals surface area contributed by atoms with Crippen LogP contribution in [0.15, 0.2) is 29.8 Å². The van der Waals surface area contributed by atoms with Crippen molar-refractivity contribution in [3.63, 3.8) is 0 Å². The molecule has 3 nitrogen and oxygen atoms in total. The van der Waals surface area contributed by atoms with Gasteiger partial charge < -0.3 is 9.47 Å². The average molecular weight is 260 g/mol. The molecule has 1 atom stereocenters. The number of esters is 1. The predicted molar refractivity (Wildman–Crippen MR) is 75.0 cm³/mol. The Kier molecular flexibility index (Phi) is 4.61. The number of rotatable bonds is 5. The zero-order valence-electron chi connectivity index (χ0n) is 11.5. The molecular formula is C16H20O3. The smallest absolute Gasteiger partial charge is 0.334 e. The van der Waals surface area contributed by atoms with E-state index in [0.29, 0.717) is 0 Å². The van der Waals surface area contributed by atoms with Crippen LogP contribution in [0.25, 0.3) is 6.08 Å². The normalized spacial score (nSPS) is 20.6. The number of methoxy groups -OCH3 is 1. The number of benzene rings is 1. The maximum Gasteiger partial charge on any atom is 0.334 e. The molecular weight excluding hydrogens is 240 g/mol. The summed E-state index contributed by atoms with van der Waals surface area (Å²) < 4.78 is 10.5. The van der Waals surface area contributed by atoms with Crippen LogP contribution in [0.4, 0.5) is 0 Å². The van der Waals surface area contributed by atoms with Crippen LogP contribution in [-0.4, -0.2) is 19.2 Å². The van der Waals surface area contributed by atoms with E-state index in [-0.39, 0.29) is 12.1 Å². The number of carbonyl (C=O) groups excluding carboxylic acids is 1. The van der Waals surface area contributed by atoms with Crippen molar-refractivity contribution in [2.45, 2.75) is 38.7 Å². The van der Waals surface area contributed by atoms with Gasteiger partial charge in [0.15, 0.2) is 0 Å². The number of ether oxygens (including phenoxy) is 2. The summed E-state index contributed by atoms with van der Waals surface area (Å²) in [5, 5.41) is 0. The van der Waals surface area contributed by atoms with E-state index in [0.717, 1.165) is 42.6 Å². The molecule has 0 N–H and O–H groups in total. The molecule has 1 aliphatic heterocycles. The summed E-state index contributed by atoms with van der Waals surface area (Å²) in [7, 11) is 1.64. The lowest BCUT2D eigenvalue weighted by Gasteiger charge is -2.05. The summed E-state index contributed by atoms with van der Waals surface area (Å²) in [6, 6.07) is 7.67. The minimum Gasteiger partial charge on any atom is -0.497 e. The Hall–Kier alpha value is -1.77. The van der Waals surface area contributed by atoms with Gasteiger partial charge in [0.2, 0.25) is 0 Å². The van der Waals surface area contributed by atoms with Crippen LogP contribution in [0.1, 0.15) is 38.2 Å². The second-order valence-corrected chi connectivity index (χ2v) is 4.82. The van der Waals surface area contributed by atoms with Gasteiger partial charge in [0.25, 0.3) is 0 Å². The Labute approximate surface area is 114 Å². The van der Waals surface area contributed by atoms with Gasteiger partial charge in [-0.3, -0.25) is 0 Å². The molecule has 1 heterocycles. The Morgan fingerprint density at radius 1 is 1.37 bits per heavy atom. The SMILES string of the molecule is CCCCC1CC(=Cc2ccc(OC)cc2)C(=O)O1. The van der Waals surface area contributed by atoms with E-state index in [1.807, 2.05) is 30.3 Å². The third-order valence-electron chi connectivity index (χ3n) is 3.32. The molecule has 1 fully saturated rings. The van der Waals surface area contributed by atoms with Gasteiger partial charge in [-0.2, -0.15) is 0 Å². The summed E-state index contributed by atoms with van der Waals surface area (Å²) >= 11 is 0. The molecule has 1 unspecified atom stereocenters. The minimum absolute atomic E-state index is 0.0666. The zero-order valence-corrected chi connectivity index (χ0v) is 11.5. The monoisotopic (exact) mass is 260 g/mol. The standard InChI is InChI=1S/C16H20O3/c1-3-4-5-15-11-13(16(17)19-15)10-12-6-8-14(18-2)9-7-12/h6-10,15H,3-5,11H2,1-2H3. The second-order valence-electron chi connectivity index (χ2n) is 4.82. The molecule has 1 aromatic carbocycles. The number of carbonyl (C=O) groups is 1. The van der Waals surface area contributed by atoms with Gasteiger partial charge in [0.1, 0.15) is 11.9 Å². The molecule has 3 heteroatoms. The summed E-state index contributed by atoms with van der Waals surface area (Å²) in [6.07, 6.45) is 5.90. The molecule has 0 radical (unpaired) electrons. The van der Waals surface area contributed by atoms with Gasteiger partial charge in [-0.05, 0) is 30.2 Å². The first-order valence-corrected chi connectivity index (χ1v) is 6.78. The van der Waals surface area contributed by atoms with Crippen molar-refractivity contribution in [2.24, 2.45) is 0 Å². The molecule has 0 saturated carbocycles. The Morgan fingerprint density at radius 3 is 2.74 bits per heavy atom. The number of cyclic esters (lactones) is 1. The molecule has 1 saturated heterocycles. The van der Waals surface area contributed by atoms with E-state index in [9.17, 15) is 4.79 Å². The minimum atomic E-state index is -0.170. The van der Waals surface area contributed by atoms with Gasteiger partial charge in [0, 0.05) is 12.0 Å². The van der Waals surface area contributed by atoms with E-state index in [1.54, 1.807) is 7.11 Å². The van der Waals surface area contributed by atoms with Crippen molar-refractivity contribution in [3.8, 4) is 5.75 Å². The maximum absolute atomic E-state index is 11.8. The van der Waals surface area contributed by atoms with Crippen LogP contribution in [0.2, 0.25) is 0 Å². The van der Waals surface area contributed by atoms with Crippen molar-refractivity contribution in [1.82, 2.24) is 0 Å². The molecule has 0 aliphatic carbocycles. The van der Waals surface area contributed by atoms with Gasteiger partial charge >= 0.3 is 5.97 Å². The predicted octanol–water partition coefficient (Wildman–Crippen LogP) is 3.58. The highest BCUT2D eigenvalue weighted by Gasteiger charge is 2.27. The highest BCUT2D eigenvalue weighted by molar-refractivity contribution is 5.95. The van der Waals surface area contributed by atoms with E-state index in [2.05, 4.69) is 6.92 Å². The summed E-state index contributed by atoms with van der Waals surface area (Å²) in [4.78, 5) is 11.8. The van der Waals surface area contributed by atoms with E-state index >= 15 is 0 Å². The fourth-order valence-corrected chi connectivity index (χ4v) is 2.21. The number of unbranched alkanes of at least 4 members (excludes halogenated alkanes) is 1. The lowest BCUT2D eigenvalue weighted by molar-refractivity contribution is -0.138. The van der Waals surface area contributed by atoms with Crippen LogP contribution >= 0.6 is 0 Å². The van der Waals surface area contributed by atoms with Gasteiger partial charge in [-0.15, -0.1) is 0 Å². The fraction of sp³-hybridized carbons (Fsp3) is 0.438. The van der Waals surface area contributed by atoms with Crippen molar-refractivity contribution in [2.75, 3.05) is 7.11 Å². The highest BCUT2D eigenvalue weighted by atomic mass is 16.5. The Morgan fingerprint density at radius 2 is 2.11 bits per heavy atom. The topological polar surface area (TPSA) is 35.5 Å². The maximum atomic E-state index is 11.8. The molecule has 0 aromatic heterocycles. The van der Waals surface area contributed by atoms with E-state index in [4.69, 9.17) is 9.47 Å². The lowest BCUT2D eigenvalue weighted by Crippen LogP contribution is -2.05. The quantitative estimate of drug-likeness (QED) is 0.599. The molecule has 0 amide bonds. The third kappa shape index (κ3) is 3.60. The first-order chi connectivity index (χ1) is 9.22. The zero-order chi connectivity index (χ0) is 13.7. The first-order valence-electron chi connectivity index (χ1n) is 6.78. The largest absolute Gasteiger partial charge is 0.497 e. The average Bonchev–Trinajstić information content (AvgIpc) is 2.78. The Balaban J connectivity index is 2.04. The fourth-order valence-electron chi connectivity index (χ4n) is 2.21. The summed E-state index contributed by atoms with van der Waals surface area (Å²) in [5.74, 6) is 0.647. The van der Waals surface area contributed by atoms with Crippen molar-refractivity contribution in [3.05, 3.63) is 35.4 Å². The van der Waals surface area contributed by atoms with Gasteiger partial charge in [-0.25, -0.2) is 4.79 Å². The van der Waals surface area contributed by atoms with E-state index < -0.39 is 0 Å². The van der Waals surface area contributed by atoms with Gasteiger partial charge in [0.05, 0.1) is 7.11 Å². The van der Waals surface area contributed by atoms with Crippen molar-refractivity contribution >= 4 is 12.0 Å². The molecule has 0 spiro atoms. The van der Waals surface area contributed by atoms with Crippen molar-refractivity contribution < 1.29 is 14.3 Å². The molecule has 102 valence electrons. The third-order valence-corrected chi connectivity index (χ3v) is 3.32. The molecule has 19 heavy (non-hydrogen) atoms. The highest BCUT2D eigenvalue weighted by Crippen LogP contribution is 2.26. The second kappa shape index (κ2) is 6.41. The molecule has 2 rings (SSSR count). The van der Waals surface area contributed by atoms with Crippen LogP contribution < -0.4 is 4.74 Å². The molecule has 0 bridgehead atoms. The summed E-state index contributed by atoms with van der Waals surface area (Å²) in [5.41, 5.74) is 1.77. The number of hydrogen-bond acceptors (Lipinski definition) is 3. The van der Waals surface area contributed by atoms with E-state index in [1.165, 1.54) is 0 Å². The van der Waals surface area contributed by atoms with Crippen LogP contribution in [0.3, 0.4) is 0 Å². The van der Waals surface area contributed by atoms with Crippen LogP contribution in [0.5, 0.6) is 5.75 Å². The first kappa shape index (κ1) is 13.7. The molecule has 1 aliphatic rings. The molecule has 1 aromatic rings. The van der Waals surface area contributed by atoms with Gasteiger partial charge in [-0.1, -0.05) is 31.9 Å². The number of hydrogen-bond donors (Lipinski definition) is 0. The Bertz CT molecular complexity index is 459. The van der Waals surface area contributed by atoms with Crippen molar-refractivity contribution in [1.29, 1.82) is 0 Å². The lowest BCUT2D eigenvalue weighted by atomic mass is 10.0. The van der Waals surface area contributed by atoms with Crippen LogP contribution in [0, 0.1) is 0 Å². The summed E-state index contributed by atoms with van der Waals surface area (Å²) in [6.45, 7) is 2.14.